The summed E-state index contributed by atoms with van der Waals surface area (Å²) in [6, 6.07) is 0. The second-order valence-electron chi connectivity index (χ2n) is 4.01. The van der Waals surface area contributed by atoms with E-state index in [0.717, 1.165) is 0 Å². The van der Waals surface area contributed by atoms with Gasteiger partial charge >= 0.3 is 0 Å². The number of hydrogen-bond acceptors (Lipinski definition) is 1. The van der Waals surface area contributed by atoms with E-state index in [9.17, 15) is 4.79 Å². The van der Waals surface area contributed by atoms with E-state index in [4.69, 9.17) is 0 Å². The third-order valence-corrected chi connectivity index (χ3v) is 3.27. The summed E-state index contributed by atoms with van der Waals surface area (Å²) in [6.07, 6.45) is 8.66. The molecule has 0 radical (unpaired) electrons. The predicted molar refractivity (Wildman–Crippen MR) is 44.3 cm³/mol. The van der Waals surface area contributed by atoms with Gasteiger partial charge < -0.3 is 0 Å². The van der Waals surface area contributed by atoms with Crippen molar-refractivity contribution in [2.75, 3.05) is 0 Å². The molecule has 2 unspecified atom stereocenters. The molecule has 0 aliphatic heterocycles. The standard InChI is InChI=1S/C10H16O/c11-10-8-4-1-2-5-9(10)7-3-6-8/h8-9H,1-7H2. The maximum atomic E-state index is 11.6. The summed E-state index contributed by atoms with van der Waals surface area (Å²) in [5.41, 5.74) is 0. The molecule has 0 heterocycles. The lowest BCUT2D eigenvalue weighted by molar-refractivity contribution is -0.128. The normalized spacial score (nSPS) is 38.4. The van der Waals surface area contributed by atoms with Crippen molar-refractivity contribution in [3.05, 3.63) is 0 Å². The molecule has 0 saturated heterocycles. The zero-order chi connectivity index (χ0) is 7.68. The van der Waals surface area contributed by atoms with Crippen molar-refractivity contribution >= 4 is 5.78 Å². The maximum absolute atomic E-state index is 11.6. The highest BCUT2D eigenvalue weighted by molar-refractivity contribution is 5.84. The molecule has 0 amide bonds. The van der Waals surface area contributed by atoms with Crippen molar-refractivity contribution in [1.82, 2.24) is 0 Å². The summed E-state index contributed by atoms with van der Waals surface area (Å²) in [5.74, 6) is 1.54. The number of fused-ring (bicyclic) bond motifs is 2. The molecule has 0 N–H and O–H groups in total. The molecule has 0 aromatic carbocycles. The molecule has 2 saturated carbocycles. The van der Waals surface area contributed by atoms with Gasteiger partial charge in [-0.2, -0.15) is 0 Å². The van der Waals surface area contributed by atoms with Crippen LogP contribution in [0.1, 0.15) is 44.9 Å². The van der Waals surface area contributed by atoms with Crippen molar-refractivity contribution in [2.45, 2.75) is 44.9 Å². The Morgan fingerprint density at radius 2 is 1.27 bits per heavy atom. The average Bonchev–Trinajstić information content (AvgIpc) is 2.17. The molecule has 2 rings (SSSR count). The number of carbonyl (C=O) groups is 1. The highest BCUT2D eigenvalue weighted by atomic mass is 16.1. The van der Waals surface area contributed by atoms with Crippen LogP contribution in [-0.2, 0) is 4.79 Å². The number of carbonyl (C=O) groups excluding carboxylic acids is 1. The minimum Gasteiger partial charge on any atom is -0.299 e. The van der Waals surface area contributed by atoms with Gasteiger partial charge in [-0.3, -0.25) is 4.79 Å². The van der Waals surface area contributed by atoms with E-state index in [1.54, 1.807) is 0 Å². The highest BCUT2D eigenvalue weighted by Gasteiger charge is 2.32. The van der Waals surface area contributed by atoms with Gasteiger partial charge in [0.25, 0.3) is 0 Å². The SMILES string of the molecule is O=C1C2CCCCC1CCC2. The molecule has 62 valence electrons. The van der Waals surface area contributed by atoms with E-state index in [0.29, 0.717) is 17.6 Å². The van der Waals surface area contributed by atoms with Crippen molar-refractivity contribution in [3.8, 4) is 0 Å². The Hall–Kier alpha value is -0.330. The Balaban J connectivity index is 2.12. The Bertz CT molecular complexity index is 146. The lowest BCUT2D eigenvalue weighted by atomic mass is 9.79. The molecule has 2 bridgehead atoms. The third-order valence-electron chi connectivity index (χ3n) is 3.27. The van der Waals surface area contributed by atoms with E-state index in [1.807, 2.05) is 0 Å². The minimum atomic E-state index is 0.469. The second-order valence-corrected chi connectivity index (χ2v) is 4.01. The first-order valence-corrected chi connectivity index (χ1v) is 4.91. The molecule has 0 aromatic heterocycles. The van der Waals surface area contributed by atoms with E-state index in [-0.39, 0.29) is 0 Å². The largest absolute Gasteiger partial charge is 0.299 e. The molecule has 1 nitrogen and oxygen atoms in total. The molecule has 1 heteroatoms. The van der Waals surface area contributed by atoms with E-state index >= 15 is 0 Å². The molecule has 0 spiro atoms. The predicted octanol–water partition coefficient (Wildman–Crippen LogP) is 2.55. The summed E-state index contributed by atoms with van der Waals surface area (Å²) in [5, 5.41) is 0. The van der Waals surface area contributed by atoms with Gasteiger partial charge in [-0.15, -0.1) is 0 Å². The molecule has 2 aliphatic carbocycles. The van der Waals surface area contributed by atoms with Crippen LogP contribution in [0, 0.1) is 11.8 Å². The molecular formula is C10H16O. The number of hydrogen-bond donors (Lipinski definition) is 0. The van der Waals surface area contributed by atoms with Crippen LogP contribution < -0.4 is 0 Å². The number of ketones is 1. The van der Waals surface area contributed by atoms with Crippen molar-refractivity contribution < 1.29 is 4.79 Å². The zero-order valence-corrected chi connectivity index (χ0v) is 7.01. The van der Waals surface area contributed by atoms with Gasteiger partial charge in [0.2, 0.25) is 0 Å². The lowest BCUT2D eigenvalue weighted by Crippen LogP contribution is -2.26. The lowest BCUT2D eigenvalue weighted by Gasteiger charge is -2.24. The second kappa shape index (κ2) is 2.96. The smallest absolute Gasteiger partial charge is 0.139 e. The minimum absolute atomic E-state index is 0.469. The van der Waals surface area contributed by atoms with Crippen LogP contribution in [0.25, 0.3) is 0 Å². The van der Waals surface area contributed by atoms with Crippen LogP contribution >= 0.6 is 0 Å². The summed E-state index contributed by atoms with van der Waals surface area (Å²) >= 11 is 0. The summed E-state index contributed by atoms with van der Waals surface area (Å²) in [4.78, 5) is 11.6. The van der Waals surface area contributed by atoms with Gasteiger partial charge in [0.1, 0.15) is 5.78 Å². The van der Waals surface area contributed by atoms with E-state index in [2.05, 4.69) is 0 Å². The van der Waals surface area contributed by atoms with Crippen LogP contribution in [0.5, 0.6) is 0 Å². The van der Waals surface area contributed by atoms with Crippen molar-refractivity contribution in [3.63, 3.8) is 0 Å². The molecule has 2 fully saturated rings. The highest BCUT2D eigenvalue weighted by Crippen LogP contribution is 2.35. The fourth-order valence-electron chi connectivity index (χ4n) is 2.58. The molecule has 2 atom stereocenters. The van der Waals surface area contributed by atoms with Crippen LogP contribution in [0.4, 0.5) is 0 Å². The van der Waals surface area contributed by atoms with Gasteiger partial charge in [0.05, 0.1) is 0 Å². The van der Waals surface area contributed by atoms with E-state index in [1.165, 1.54) is 44.9 Å². The average molecular weight is 152 g/mol. The molecule has 0 aromatic rings. The zero-order valence-electron chi connectivity index (χ0n) is 7.01. The summed E-state index contributed by atoms with van der Waals surface area (Å²) in [7, 11) is 0. The fraction of sp³-hybridized carbons (Fsp3) is 0.900. The van der Waals surface area contributed by atoms with Crippen LogP contribution in [-0.4, -0.2) is 5.78 Å². The number of rotatable bonds is 0. The first kappa shape index (κ1) is 7.33. The Morgan fingerprint density at radius 3 is 1.82 bits per heavy atom. The monoisotopic (exact) mass is 152 g/mol. The molecule has 2 aliphatic rings. The van der Waals surface area contributed by atoms with Crippen molar-refractivity contribution in [1.29, 1.82) is 0 Å². The summed E-state index contributed by atoms with van der Waals surface area (Å²) in [6.45, 7) is 0. The Labute approximate surface area is 68.2 Å². The maximum Gasteiger partial charge on any atom is 0.139 e. The van der Waals surface area contributed by atoms with Gasteiger partial charge in [-0.25, -0.2) is 0 Å². The van der Waals surface area contributed by atoms with Gasteiger partial charge in [-0.05, 0) is 25.7 Å². The molecule has 11 heavy (non-hydrogen) atoms. The number of Topliss-reactive ketones (excluding diaryl/α,β-unsaturated/α-hetero) is 1. The van der Waals surface area contributed by atoms with Crippen LogP contribution in [0.2, 0.25) is 0 Å². The van der Waals surface area contributed by atoms with Gasteiger partial charge in [-0.1, -0.05) is 19.3 Å². The third kappa shape index (κ3) is 1.33. The Morgan fingerprint density at radius 1 is 0.818 bits per heavy atom. The Kier molecular flexibility index (Phi) is 1.97. The topological polar surface area (TPSA) is 17.1 Å². The molecular weight excluding hydrogens is 136 g/mol. The van der Waals surface area contributed by atoms with Crippen LogP contribution in [0.15, 0.2) is 0 Å². The van der Waals surface area contributed by atoms with Gasteiger partial charge in [0.15, 0.2) is 0 Å². The fourth-order valence-corrected chi connectivity index (χ4v) is 2.58. The quantitative estimate of drug-likeness (QED) is 0.521. The first-order valence-electron chi connectivity index (χ1n) is 4.91. The first-order chi connectivity index (χ1) is 5.38. The summed E-state index contributed by atoms with van der Waals surface area (Å²) < 4.78 is 0. The van der Waals surface area contributed by atoms with Crippen LogP contribution in [0.3, 0.4) is 0 Å². The van der Waals surface area contributed by atoms with E-state index < -0.39 is 0 Å². The van der Waals surface area contributed by atoms with Crippen molar-refractivity contribution in [2.24, 2.45) is 11.8 Å². The van der Waals surface area contributed by atoms with Gasteiger partial charge in [0, 0.05) is 11.8 Å².